The van der Waals surface area contributed by atoms with E-state index in [9.17, 15) is 4.79 Å². The largest absolute Gasteiger partial charge is 0.358 e. The van der Waals surface area contributed by atoms with Crippen molar-refractivity contribution in [2.24, 2.45) is 0 Å². The number of fused-ring (bicyclic) bond motifs is 1. The number of nitrogens with zero attached hydrogens (tertiary/aromatic N) is 3. The van der Waals surface area contributed by atoms with Crippen LogP contribution in [0.15, 0.2) is 29.3 Å². The van der Waals surface area contributed by atoms with Crippen molar-refractivity contribution in [3.05, 3.63) is 50.8 Å². The van der Waals surface area contributed by atoms with Crippen LogP contribution in [0, 0.1) is 4.77 Å². The average Bonchev–Trinajstić information content (AvgIpc) is 2.58. The Hall–Kier alpha value is -1.99. The van der Waals surface area contributed by atoms with E-state index < -0.39 is 0 Å². The molecule has 0 saturated heterocycles. The second kappa shape index (κ2) is 6.64. The molecule has 1 aliphatic rings. The highest BCUT2D eigenvalue weighted by Crippen LogP contribution is 2.22. The van der Waals surface area contributed by atoms with Gasteiger partial charge in [-0.3, -0.25) is 19.7 Å². The number of anilines is 1. The van der Waals surface area contributed by atoms with Gasteiger partial charge in [0.15, 0.2) is 4.77 Å². The average molecular weight is 331 g/mol. The second-order valence-electron chi connectivity index (χ2n) is 5.87. The number of aromatic amines is 1. The Morgan fingerprint density at radius 1 is 1.48 bits per heavy atom. The van der Waals surface area contributed by atoms with Crippen molar-refractivity contribution < 1.29 is 0 Å². The first-order chi connectivity index (χ1) is 11.1. The summed E-state index contributed by atoms with van der Waals surface area (Å²) in [5.41, 5.74) is 1.69. The third kappa shape index (κ3) is 3.20. The highest BCUT2D eigenvalue weighted by molar-refractivity contribution is 7.71. The Morgan fingerprint density at radius 3 is 3.00 bits per heavy atom. The number of pyridine rings is 1. The Bertz CT molecular complexity index is 798. The molecule has 7 heteroatoms. The summed E-state index contributed by atoms with van der Waals surface area (Å²) in [6.45, 7) is 6.26. The quantitative estimate of drug-likeness (QED) is 0.842. The molecule has 122 valence electrons. The van der Waals surface area contributed by atoms with Crippen LogP contribution in [0.1, 0.15) is 31.4 Å². The van der Waals surface area contributed by atoms with E-state index in [0.717, 1.165) is 23.4 Å². The Balaban J connectivity index is 2.00. The molecule has 23 heavy (non-hydrogen) atoms. The smallest absolute Gasteiger partial charge is 0.258 e. The fourth-order valence-electron chi connectivity index (χ4n) is 2.79. The van der Waals surface area contributed by atoms with Gasteiger partial charge in [-0.25, -0.2) is 0 Å². The number of aromatic nitrogens is 3. The van der Waals surface area contributed by atoms with E-state index in [4.69, 9.17) is 12.2 Å². The summed E-state index contributed by atoms with van der Waals surface area (Å²) in [4.78, 5) is 21.5. The zero-order valence-corrected chi connectivity index (χ0v) is 14.2. The number of rotatable bonds is 4. The maximum absolute atomic E-state index is 12.3. The van der Waals surface area contributed by atoms with Gasteiger partial charge >= 0.3 is 0 Å². The summed E-state index contributed by atoms with van der Waals surface area (Å²) in [6, 6.07) is 4.32. The Labute approximate surface area is 140 Å². The maximum Gasteiger partial charge on any atom is 0.258 e. The van der Waals surface area contributed by atoms with Crippen LogP contribution in [0.2, 0.25) is 0 Å². The van der Waals surface area contributed by atoms with Crippen LogP contribution >= 0.6 is 12.2 Å². The molecular weight excluding hydrogens is 310 g/mol. The van der Waals surface area contributed by atoms with Crippen molar-refractivity contribution in [3.8, 4) is 0 Å². The summed E-state index contributed by atoms with van der Waals surface area (Å²) in [6.07, 6.45) is 4.60. The highest BCUT2D eigenvalue weighted by Gasteiger charge is 2.24. The van der Waals surface area contributed by atoms with Gasteiger partial charge in [-0.05, 0) is 37.2 Å². The van der Waals surface area contributed by atoms with Crippen LogP contribution in [0.25, 0.3) is 0 Å². The van der Waals surface area contributed by atoms with Crippen molar-refractivity contribution in [2.75, 3.05) is 12.0 Å². The van der Waals surface area contributed by atoms with E-state index in [2.05, 4.69) is 34.0 Å². The third-order valence-corrected chi connectivity index (χ3v) is 4.71. The minimum Gasteiger partial charge on any atom is -0.358 e. The SMILES string of the molecule is CC[C@H](C)N1CNc2c(c(=O)[nH]c(=S)n2Cc2cccnc2)C1. The fourth-order valence-corrected chi connectivity index (χ4v) is 3.04. The summed E-state index contributed by atoms with van der Waals surface area (Å²) in [5, 5.41) is 3.38. The van der Waals surface area contributed by atoms with E-state index in [1.54, 1.807) is 6.20 Å². The number of nitrogens with one attached hydrogen (secondary N) is 2. The van der Waals surface area contributed by atoms with E-state index in [1.807, 2.05) is 22.9 Å². The molecule has 0 radical (unpaired) electrons. The summed E-state index contributed by atoms with van der Waals surface area (Å²) in [7, 11) is 0. The minimum atomic E-state index is -0.104. The first-order valence-electron chi connectivity index (χ1n) is 7.83. The van der Waals surface area contributed by atoms with Gasteiger partial charge in [0.05, 0.1) is 18.8 Å². The molecule has 0 amide bonds. The van der Waals surface area contributed by atoms with E-state index >= 15 is 0 Å². The first kappa shape index (κ1) is 15.9. The molecule has 3 heterocycles. The van der Waals surface area contributed by atoms with Crippen molar-refractivity contribution >= 4 is 18.0 Å². The molecule has 0 saturated carbocycles. The van der Waals surface area contributed by atoms with Gasteiger partial charge in [0.1, 0.15) is 5.82 Å². The molecule has 2 aromatic heterocycles. The molecule has 1 atom stereocenters. The predicted octanol–water partition coefficient (Wildman–Crippen LogP) is 2.33. The van der Waals surface area contributed by atoms with Gasteiger partial charge in [0.2, 0.25) is 0 Å². The summed E-state index contributed by atoms with van der Waals surface area (Å²) >= 11 is 5.36. The van der Waals surface area contributed by atoms with Crippen LogP contribution in [0.4, 0.5) is 5.82 Å². The zero-order valence-electron chi connectivity index (χ0n) is 13.4. The molecule has 1 aliphatic heterocycles. The van der Waals surface area contributed by atoms with E-state index in [0.29, 0.717) is 30.6 Å². The lowest BCUT2D eigenvalue weighted by Gasteiger charge is -2.34. The number of H-pyrrole nitrogens is 1. The predicted molar refractivity (Wildman–Crippen MR) is 93.0 cm³/mol. The highest BCUT2D eigenvalue weighted by atomic mass is 32.1. The van der Waals surface area contributed by atoms with Crippen LogP contribution in [-0.2, 0) is 13.1 Å². The van der Waals surface area contributed by atoms with Crippen LogP contribution in [0.5, 0.6) is 0 Å². The van der Waals surface area contributed by atoms with Crippen molar-refractivity contribution in [3.63, 3.8) is 0 Å². The van der Waals surface area contributed by atoms with Gasteiger partial charge in [0, 0.05) is 25.0 Å². The van der Waals surface area contributed by atoms with Crippen LogP contribution in [-0.4, -0.2) is 32.1 Å². The molecule has 0 aromatic carbocycles. The molecular formula is C16H21N5OS. The summed E-state index contributed by atoms with van der Waals surface area (Å²) in [5.74, 6) is 0.821. The molecule has 2 N–H and O–H groups in total. The van der Waals surface area contributed by atoms with Gasteiger partial charge in [0.25, 0.3) is 5.56 Å². The molecule has 0 spiro atoms. The zero-order chi connectivity index (χ0) is 16.4. The molecule has 6 nitrogen and oxygen atoms in total. The lowest BCUT2D eigenvalue weighted by atomic mass is 10.1. The molecule has 0 aliphatic carbocycles. The molecule has 0 fully saturated rings. The second-order valence-corrected chi connectivity index (χ2v) is 6.26. The minimum absolute atomic E-state index is 0.104. The van der Waals surface area contributed by atoms with Gasteiger partial charge < -0.3 is 9.88 Å². The number of hydrogen-bond acceptors (Lipinski definition) is 5. The topological polar surface area (TPSA) is 66.0 Å². The van der Waals surface area contributed by atoms with Crippen molar-refractivity contribution in [1.82, 2.24) is 19.4 Å². The normalized spacial score (nSPS) is 15.7. The Kier molecular flexibility index (Phi) is 4.58. The summed E-state index contributed by atoms with van der Waals surface area (Å²) < 4.78 is 2.37. The first-order valence-corrected chi connectivity index (χ1v) is 8.23. The lowest BCUT2D eigenvalue weighted by molar-refractivity contribution is 0.200. The lowest BCUT2D eigenvalue weighted by Crippen LogP contribution is -2.43. The van der Waals surface area contributed by atoms with Crippen molar-refractivity contribution in [2.45, 2.75) is 39.4 Å². The molecule has 0 bridgehead atoms. The van der Waals surface area contributed by atoms with Crippen LogP contribution < -0.4 is 10.9 Å². The van der Waals surface area contributed by atoms with E-state index in [-0.39, 0.29) is 5.56 Å². The molecule has 2 aromatic rings. The molecule has 3 rings (SSSR count). The van der Waals surface area contributed by atoms with Gasteiger partial charge in [-0.1, -0.05) is 13.0 Å². The molecule has 0 unspecified atom stereocenters. The third-order valence-electron chi connectivity index (χ3n) is 4.38. The van der Waals surface area contributed by atoms with Gasteiger partial charge in [-0.15, -0.1) is 0 Å². The Morgan fingerprint density at radius 2 is 2.30 bits per heavy atom. The standard InChI is InChI=1S/C16H21N5OS/c1-3-11(2)20-9-13-14(18-10-20)21(16(23)19-15(13)22)8-12-5-4-6-17-7-12/h4-7,11,18H,3,8-10H2,1-2H3,(H,19,22,23)/t11-/m0/s1. The van der Waals surface area contributed by atoms with Crippen LogP contribution in [0.3, 0.4) is 0 Å². The van der Waals surface area contributed by atoms with E-state index in [1.165, 1.54) is 0 Å². The fraction of sp³-hybridized carbons (Fsp3) is 0.438. The monoisotopic (exact) mass is 331 g/mol. The number of hydrogen-bond donors (Lipinski definition) is 2. The van der Waals surface area contributed by atoms with Gasteiger partial charge in [-0.2, -0.15) is 0 Å². The van der Waals surface area contributed by atoms with Crippen molar-refractivity contribution in [1.29, 1.82) is 0 Å². The maximum atomic E-state index is 12.3.